The van der Waals surface area contributed by atoms with Gasteiger partial charge in [0, 0.05) is 43.8 Å². The molecular formula is C32H38F4N4O2. The molecule has 10 heteroatoms. The molecule has 0 radical (unpaired) electrons. The van der Waals surface area contributed by atoms with E-state index in [4.69, 9.17) is 0 Å². The summed E-state index contributed by atoms with van der Waals surface area (Å²) in [5.41, 5.74) is 3.69. The molecule has 1 N–H and O–H groups in total. The molecule has 3 aromatic rings. The van der Waals surface area contributed by atoms with E-state index in [2.05, 4.69) is 29.5 Å². The molecule has 42 heavy (non-hydrogen) atoms. The SMILES string of the molecule is Cc1cccc2c(C(=O)N3CCC(c4cc(CNC(=O)C(F)(F)F)ccc4F)CC3)cn(CCC3CCCCN3C)c12. The van der Waals surface area contributed by atoms with E-state index in [1.807, 2.05) is 28.5 Å². The van der Waals surface area contributed by atoms with Crippen LogP contribution < -0.4 is 5.32 Å². The molecule has 2 fully saturated rings. The van der Waals surface area contributed by atoms with Crippen LogP contribution in [0.4, 0.5) is 17.6 Å². The van der Waals surface area contributed by atoms with Gasteiger partial charge in [-0.05, 0) is 81.3 Å². The molecule has 2 aromatic carbocycles. The third-order valence-electron chi connectivity index (χ3n) is 8.95. The molecule has 0 aliphatic carbocycles. The Morgan fingerprint density at radius 3 is 2.50 bits per heavy atom. The van der Waals surface area contributed by atoms with Crippen molar-refractivity contribution in [2.75, 3.05) is 26.7 Å². The normalized spacial score (nSPS) is 18.9. The molecule has 1 unspecified atom stereocenters. The Kier molecular flexibility index (Phi) is 8.92. The fraction of sp³-hybridized carbons (Fsp3) is 0.500. The van der Waals surface area contributed by atoms with Crippen LogP contribution in [0.3, 0.4) is 0 Å². The molecule has 2 aliphatic rings. The number of nitrogens with one attached hydrogen (secondary N) is 1. The molecule has 1 aromatic heterocycles. The molecule has 5 rings (SSSR count). The van der Waals surface area contributed by atoms with Gasteiger partial charge in [0.05, 0.1) is 11.1 Å². The number of halogens is 4. The molecule has 0 spiro atoms. The van der Waals surface area contributed by atoms with E-state index in [9.17, 15) is 27.2 Å². The first-order valence-corrected chi connectivity index (χ1v) is 14.7. The number of carbonyl (C=O) groups excluding carboxylic acids is 2. The van der Waals surface area contributed by atoms with Gasteiger partial charge >= 0.3 is 12.1 Å². The van der Waals surface area contributed by atoms with Crippen molar-refractivity contribution in [1.82, 2.24) is 19.7 Å². The smallest absolute Gasteiger partial charge is 0.346 e. The second-order valence-electron chi connectivity index (χ2n) is 11.7. The van der Waals surface area contributed by atoms with Crippen LogP contribution in [-0.4, -0.2) is 65.1 Å². The lowest BCUT2D eigenvalue weighted by atomic mass is 9.88. The third-order valence-corrected chi connectivity index (χ3v) is 8.95. The number of carbonyl (C=O) groups is 2. The predicted molar refractivity (Wildman–Crippen MR) is 154 cm³/mol. The molecular weight excluding hydrogens is 548 g/mol. The number of aryl methyl sites for hydroxylation is 2. The number of likely N-dealkylation sites (tertiary alicyclic amines) is 2. The van der Waals surface area contributed by atoms with Crippen molar-refractivity contribution in [3.05, 3.63) is 70.7 Å². The summed E-state index contributed by atoms with van der Waals surface area (Å²) in [5.74, 6) is -2.68. The van der Waals surface area contributed by atoms with Gasteiger partial charge in [0.25, 0.3) is 5.91 Å². The summed E-state index contributed by atoms with van der Waals surface area (Å²) in [7, 11) is 2.19. The van der Waals surface area contributed by atoms with Gasteiger partial charge in [0.15, 0.2) is 0 Å². The molecule has 3 heterocycles. The zero-order valence-corrected chi connectivity index (χ0v) is 24.1. The van der Waals surface area contributed by atoms with E-state index in [1.54, 1.807) is 0 Å². The van der Waals surface area contributed by atoms with Crippen molar-refractivity contribution >= 4 is 22.7 Å². The van der Waals surface area contributed by atoms with E-state index in [-0.39, 0.29) is 18.4 Å². The Hall–Kier alpha value is -3.40. The summed E-state index contributed by atoms with van der Waals surface area (Å²) >= 11 is 0. The van der Waals surface area contributed by atoms with Gasteiger partial charge in [-0.25, -0.2) is 4.39 Å². The second kappa shape index (κ2) is 12.5. The molecule has 2 aliphatic heterocycles. The minimum Gasteiger partial charge on any atom is -0.346 e. The van der Waals surface area contributed by atoms with Crippen molar-refractivity contribution in [2.24, 2.45) is 0 Å². The number of rotatable bonds is 7. The van der Waals surface area contributed by atoms with Crippen molar-refractivity contribution in [3.8, 4) is 0 Å². The van der Waals surface area contributed by atoms with E-state index < -0.39 is 17.9 Å². The molecule has 1 atom stereocenters. The second-order valence-corrected chi connectivity index (χ2v) is 11.7. The Labute approximate surface area is 243 Å². The number of para-hydroxylation sites is 1. The maximum absolute atomic E-state index is 14.8. The predicted octanol–water partition coefficient (Wildman–Crippen LogP) is 6.16. The lowest BCUT2D eigenvalue weighted by Crippen LogP contribution is -2.38. The fourth-order valence-corrected chi connectivity index (χ4v) is 6.55. The first-order chi connectivity index (χ1) is 20.0. The van der Waals surface area contributed by atoms with E-state index in [0.717, 1.165) is 36.0 Å². The highest BCUT2D eigenvalue weighted by molar-refractivity contribution is 6.07. The molecule has 226 valence electrons. The van der Waals surface area contributed by atoms with Gasteiger partial charge in [0.1, 0.15) is 5.82 Å². The van der Waals surface area contributed by atoms with Crippen LogP contribution in [0, 0.1) is 12.7 Å². The van der Waals surface area contributed by atoms with E-state index >= 15 is 0 Å². The quantitative estimate of drug-likeness (QED) is 0.338. The summed E-state index contributed by atoms with van der Waals surface area (Å²) < 4.78 is 54.6. The molecule has 2 amide bonds. The number of aromatic nitrogens is 1. The van der Waals surface area contributed by atoms with Gasteiger partial charge in [-0.2, -0.15) is 13.2 Å². The van der Waals surface area contributed by atoms with Gasteiger partial charge in [-0.15, -0.1) is 0 Å². The lowest BCUT2D eigenvalue weighted by molar-refractivity contribution is -0.173. The van der Waals surface area contributed by atoms with Gasteiger partial charge in [0.2, 0.25) is 0 Å². The molecule has 0 bridgehead atoms. The molecule has 2 saturated heterocycles. The Balaban J connectivity index is 1.27. The largest absolute Gasteiger partial charge is 0.471 e. The van der Waals surface area contributed by atoms with Crippen molar-refractivity contribution in [1.29, 1.82) is 0 Å². The highest BCUT2D eigenvalue weighted by Crippen LogP contribution is 2.33. The van der Waals surface area contributed by atoms with E-state index in [0.29, 0.717) is 48.7 Å². The maximum atomic E-state index is 14.8. The number of hydrogen-bond donors (Lipinski definition) is 1. The first-order valence-electron chi connectivity index (χ1n) is 14.7. The number of piperidine rings is 2. The minimum atomic E-state index is -4.97. The van der Waals surface area contributed by atoms with Crippen LogP contribution in [0.5, 0.6) is 0 Å². The third kappa shape index (κ3) is 6.48. The van der Waals surface area contributed by atoms with E-state index in [1.165, 1.54) is 37.5 Å². The van der Waals surface area contributed by atoms with Gasteiger partial charge in [-0.3, -0.25) is 9.59 Å². The monoisotopic (exact) mass is 586 g/mol. The number of hydrogen-bond acceptors (Lipinski definition) is 3. The maximum Gasteiger partial charge on any atom is 0.471 e. The average molecular weight is 587 g/mol. The minimum absolute atomic E-state index is 0.0401. The topological polar surface area (TPSA) is 57.6 Å². The van der Waals surface area contributed by atoms with Gasteiger partial charge < -0.3 is 19.7 Å². The van der Waals surface area contributed by atoms with Crippen LogP contribution >= 0.6 is 0 Å². The lowest BCUT2D eigenvalue weighted by Gasteiger charge is -2.32. The Morgan fingerprint density at radius 2 is 1.79 bits per heavy atom. The van der Waals surface area contributed by atoms with Crippen molar-refractivity contribution < 1.29 is 27.2 Å². The zero-order chi connectivity index (χ0) is 30.0. The number of fused-ring (bicyclic) bond motifs is 1. The fourth-order valence-electron chi connectivity index (χ4n) is 6.55. The number of nitrogens with zero attached hydrogens (tertiary/aromatic N) is 3. The number of amides is 2. The van der Waals surface area contributed by atoms with Crippen LogP contribution in [0.15, 0.2) is 42.6 Å². The van der Waals surface area contributed by atoms with Crippen molar-refractivity contribution in [3.63, 3.8) is 0 Å². The van der Waals surface area contributed by atoms with Crippen molar-refractivity contribution in [2.45, 2.75) is 76.7 Å². The highest BCUT2D eigenvalue weighted by atomic mass is 19.4. The average Bonchev–Trinajstić information content (AvgIpc) is 3.35. The van der Waals surface area contributed by atoms with Gasteiger partial charge in [-0.1, -0.05) is 36.8 Å². The van der Waals surface area contributed by atoms with Crippen LogP contribution in [0.1, 0.15) is 71.5 Å². The summed E-state index contributed by atoms with van der Waals surface area (Å²) in [5, 5.41) is 2.78. The summed E-state index contributed by atoms with van der Waals surface area (Å²) in [6, 6.07) is 10.7. The van der Waals surface area contributed by atoms with Crippen LogP contribution in [-0.2, 0) is 17.9 Å². The molecule has 0 saturated carbocycles. The summed E-state index contributed by atoms with van der Waals surface area (Å²) in [6.45, 7) is 4.59. The Morgan fingerprint density at radius 1 is 1.02 bits per heavy atom. The first kappa shape index (κ1) is 30.1. The molecule has 6 nitrogen and oxygen atoms in total. The standard InChI is InChI=1S/C32H38F4N4O2/c1-21-6-5-8-25-27(20-40(29(21)25)17-13-24-7-3-4-14-38(24)2)30(41)39-15-11-23(12-16-39)26-18-22(9-10-28(26)33)19-37-31(42)32(34,35)36/h5-6,8-10,18,20,23-24H,3-4,7,11-17,19H2,1-2H3,(H,37,42). The van der Waals surface area contributed by atoms with Crippen LogP contribution in [0.2, 0.25) is 0 Å². The van der Waals surface area contributed by atoms with Crippen LogP contribution in [0.25, 0.3) is 10.9 Å². The summed E-state index contributed by atoms with van der Waals surface area (Å²) in [4.78, 5) is 29.2. The zero-order valence-electron chi connectivity index (χ0n) is 24.1. The number of benzene rings is 2. The highest BCUT2D eigenvalue weighted by Gasteiger charge is 2.38. The number of alkyl halides is 3. The Bertz CT molecular complexity index is 1440. The summed E-state index contributed by atoms with van der Waals surface area (Å²) in [6.07, 6.45) is 2.81.